The van der Waals surface area contributed by atoms with Crippen molar-refractivity contribution < 1.29 is 50.5 Å². The minimum Gasteiger partial charge on any atom is -0.390 e. The van der Waals surface area contributed by atoms with Gasteiger partial charge in [0.1, 0.15) is 18.4 Å². The van der Waals surface area contributed by atoms with Crippen LogP contribution in [0, 0.1) is 52.3 Å². The van der Waals surface area contributed by atoms with Gasteiger partial charge in [-0.15, -0.1) is 0 Å². The highest BCUT2D eigenvalue weighted by molar-refractivity contribution is 6.40. The predicted octanol–water partition coefficient (Wildman–Crippen LogP) is 0.925. The smallest absolute Gasteiger partial charge is 0.225 e. The number of Topliss-reactive ketones (excluding diaryl/α,β-unsaturated/α-hetero) is 1. The van der Waals surface area contributed by atoms with E-state index in [1.807, 2.05) is 0 Å². The number of aliphatic hydroxyl groups is 6. The van der Waals surface area contributed by atoms with Crippen LogP contribution in [0.3, 0.4) is 0 Å². The average molecular weight is 764 g/mol. The molecule has 11 heteroatoms. The van der Waals surface area contributed by atoms with E-state index in [2.05, 4.69) is 31.1 Å². The summed E-state index contributed by atoms with van der Waals surface area (Å²) in [5, 5.41) is 72.9. The van der Waals surface area contributed by atoms with E-state index in [-0.39, 0.29) is 36.8 Å². The Morgan fingerprint density at radius 1 is 1.06 bits per heavy atom. The molecular weight excluding hydrogens is 686 g/mol. The van der Waals surface area contributed by atoms with Crippen molar-refractivity contribution in [1.82, 2.24) is 0 Å². The molecule has 0 radical (unpaired) electrons. The molecule has 0 spiro atoms. The van der Waals surface area contributed by atoms with Gasteiger partial charge in [-0.2, -0.15) is 0 Å². The third kappa shape index (κ3) is 7.54. The Labute approximate surface area is 324 Å². The van der Waals surface area contributed by atoms with Crippen molar-refractivity contribution in [1.29, 1.82) is 0 Å². The first-order valence-corrected chi connectivity index (χ1v) is 22.0. The summed E-state index contributed by atoms with van der Waals surface area (Å²) < 4.78 is 6.28. The number of aliphatic hydroxyl groups excluding tert-OH is 4. The minimum atomic E-state index is -1.56. The van der Waals surface area contributed by atoms with Crippen LogP contribution in [0.2, 0.25) is 0 Å². The van der Waals surface area contributed by atoms with Gasteiger partial charge in [0.15, 0.2) is 6.54 Å². The number of nitrogens with one attached hydrogen (secondary N) is 1. The minimum absolute atomic E-state index is 0.0878. The lowest BCUT2D eigenvalue weighted by Crippen LogP contribution is -2.94. The quantitative estimate of drug-likeness (QED) is 0.115. The number of unbranched alkanes of at least 4 members (excludes halogenated alkanes) is 3. The summed E-state index contributed by atoms with van der Waals surface area (Å²) in [5.74, 6) is -0.927. The fourth-order valence-electron chi connectivity index (χ4n) is 13.5. The Morgan fingerprint density at radius 2 is 1.81 bits per heavy atom. The lowest BCUT2D eigenvalue weighted by molar-refractivity contribution is -0.699. The molecule has 0 amide bonds. The van der Waals surface area contributed by atoms with Crippen molar-refractivity contribution in [2.75, 3.05) is 19.7 Å². The second-order valence-electron chi connectivity index (χ2n) is 19.8. The van der Waals surface area contributed by atoms with Gasteiger partial charge >= 0.3 is 0 Å². The van der Waals surface area contributed by atoms with Gasteiger partial charge in [0.2, 0.25) is 11.5 Å². The van der Waals surface area contributed by atoms with Crippen LogP contribution >= 0.6 is 0 Å². The van der Waals surface area contributed by atoms with Crippen LogP contribution in [-0.4, -0.2) is 110 Å². The van der Waals surface area contributed by atoms with Crippen LogP contribution in [0.15, 0.2) is 0 Å². The molecule has 2 aliphatic heterocycles. The van der Waals surface area contributed by atoms with E-state index < -0.39 is 70.3 Å². The van der Waals surface area contributed by atoms with Gasteiger partial charge in [0.05, 0.1) is 48.6 Å². The summed E-state index contributed by atoms with van der Waals surface area (Å²) in [4.78, 5) is 18.3. The topological polar surface area (TPSA) is 204 Å². The van der Waals surface area contributed by atoms with E-state index >= 15 is 0 Å². The first-order chi connectivity index (χ1) is 25.5. The number of fused-ring (bicyclic) bond motifs is 5. The van der Waals surface area contributed by atoms with Crippen molar-refractivity contribution in [2.45, 2.75) is 185 Å². The molecule has 6 aliphatic rings. The van der Waals surface area contributed by atoms with E-state index in [4.69, 9.17) is 10.5 Å². The molecule has 2 heterocycles. The summed E-state index contributed by atoms with van der Waals surface area (Å²) in [6.07, 6.45) is 8.76. The largest absolute Gasteiger partial charge is 0.390 e. The van der Waals surface area contributed by atoms with E-state index in [1.165, 1.54) is 19.3 Å². The molecule has 310 valence electrons. The van der Waals surface area contributed by atoms with Crippen LogP contribution in [0.5, 0.6) is 0 Å². The Morgan fingerprint density at radius 3 is 2.52 bits per heavy atom. The summed E-state index contributed by atoms with van der Waals surface area (Å²) in [5.41, 5.74) is 2.32. The predicted molar refractivity (Wildman–Crippen MR) is 206 cm³/mol. The highest BCUT2D eigenvalue weighted by atomic mass is 16.5. The molecule has 4 saturated carbocycles. The lowest BCUT2D eigenvalue weighted by atomic mass is 9.40. The Balaban J connectivity index is 1.31. The van der Waals surface area contributed by atoms with Crippen LogP contribution in [0.4, 0.5) is 0 Å². The van der Waals surface area contributed by atoms with E-state index in [1.54, 1.807) is 13.8 Å². The highest BCUT2D eigenvalue weighted by Crippen LogP contribution is 2.70. The standard InChI is InChI=1S/C43H75N3O8/c1-6-7-8-9-12-28-24-54-38(26(28)3)39(51)41(5,52)33-14-18-43(53)35-29(13-17-40(33,43)4)42(16-10-11-27-15-19-45-34(44)20-27)22-32(49)31(48)21-30(42)37(50)36(35)46-23-25(2)47/h25-35,38-39,45,47-49,51-53H,6-24,44H2,1-5H3/p+2/t25-,26-,27?,28-,29+,30-,31+,32-,33+,34?,35-,38+,39+,40+,41+,42+,43-/m0/s1. The molecule has 17 atom stereocenters. The molecule has 2 unspecified atom stereocenters. The van der Waals surface area contributed by atoms with Crippen molar-refractivity contribution in [3.8, 4) is 0 Å². The number of nitrogens with two attached hydrogens (primary N) is 2. The monoisotopic (exact) mass is 764 g/mol. The Hall–Kier alpha value is -1.02. The number of ether oxygens (including phenoxy) is 1. The first kappa shape index (κ1) is 42.6. The highest BCUT2D eigenvalue weighted by Gasteiger charge is 2.75. The second-order valence-corrected chi connectivity index (χ2v) is 19.8. The van der Waals surface area contributed by atoms with Crippen LogP contribution in [0.25, 0.3) is 0 Å². The number of hydrogen-bond donors (Lipinski definition) is 9. The molecule has 6 fully saturated rings. The van der Waals surface area contributed by atoms with Crippen LogP contribution in [-0.2, 0) is 9.53 Å². The van der Waals surface area contributed by atoms with Crippen LogP contribution < -0.4 is 16.0 Å². The fraction of sp³-hybridized carbons (Fsp3) is 0.953. The molecule has 11 N–H and O–H groups in total. The zero-order valence-corrected chi connectivity index (χ0v) is 34.1. The van der Waals surface area contributed by atoms with Gasteiger partial charge < -0.3 is 40.7 Å². The molecule has 0 aromatic rings. The van der Waals surface area contributed by atoms with Gasteiger partial charge in [-0.1, -0.05) is 52.9 Å². The normalized spacial score (nSPS) is 46.8. The molecule has 11 nitrogen and oxygen atoms in total. The fourth-order valence-corrected chi connectivity index (χ4v) is 13.5. The Kier molecular flexibility index (Phi) is 13.2. The molecule has 54 heavy (non-hydrogen) atoms. The number of rotatable bonds is 14. The number of piperidine rings is 1. The molecule has 4 aliphatic carbocycles. The van der Waals surface area contributed by atoms with E-state index in [0.29, 0.717) is 56.3 Å². The molecular formula is C43H77N3O8+2. The first-order valence-electron chi connectivity index (χ1n) is 22.0. The van der Waals surface area contributed by atoms with Crippen LogP contribution in [0.1, 0.15) is 137 Å². The van der Waals surface area contributed by atoms with Gasteiger partial charge in [0, 0.05) is 17.8 Å². The number of carbonyl (C=O) groups excluding carboxylic acids is 1. The molecule has 2 saturated heterocycles. The van der Waals surface area contributed by atoms with E-state index in [9.17, 15) is 35.4 Å². The second kappa shape index (κ2) is 16.7. The van der Waals surface area contributed by atoms with Gasteiger partial charge in [-0.3, -0.25) is 10.5 Å². The van der Waals surface area contributed by atoms with Gasteiger partial charge in [-0.25, -0.2) is 4.99 Å². The zero-order chi connectivity index (χ0) is 39.2. The maximum absolute atomic E-state index is 15.0. The maximum atomic E-state index is 15.0. The molecule has 0 aromatic carbocycles. The number of ketones is 1. The zero-order valence-electron chi connectivity index (χ0n) is 34.1. The lowest BCUT2D eigenvalue weighted by Gasteiger charge is -2.63. The van der Waals surface area contributed by atoms with Crippen molar-refractivity contribution >= 4 is 11.5 Å². The summed E-state index contributed by atoms with van der Waals surface area (Å²) in [6, 6.07) is 0. The van der Waals surface area contributed by atoms with Gasteiger partial charge in [-0.05, 0) is 113 Å². The maximum Gasteiger partial charge on any atom is 0.225 e. The van der Waals surface area contributed by atoms with E-state index in [0.717, 1.165) is 51.5 Å². The average Bonchev–Trinajstić information content (AvgIpc) is 3.62. The third-order valence-corrected chi connectivity index (χ3v) is 16.6. The summed E-state index contributed by atoms with van der Waals surface area (Å²) >= 11 is 0. The third-order valence-electron chi connectivity index (χ3n) is 16.6. The number of hydrogen-bond acceptors (Lipinski definition) is 9. The van der Waals surface area contributed by atoms with Crippen molar-refractivity contribution in [3.05, 3.63) is 0 Å². The van der Waals surface area contributed by atoms with Gasteiger partial charge in [0.25, 0.3) is 0 Å². The number of quaternary nitrogens is 1. The van der Waals surface area contributed by atoms with Crippen molar-refractivity contribution in [2.24, 2.45) is 58.0 Å². The molecule has 0 aromatic heterocycles. The number of carbonyl (C=O) groups is 1. The Bertz CT molecular complexity index is 1330. The van der Waals surface area contributed by atoms with Crippen molar-refractivity contribution in [3.63, 3.8) is 0 Å². The molecule has 0 bridgehead atoms. The summed E-state index contributed by atoms with van der Waals surface area (Å²) in [6.45, 7) is 11.5. The molecule has 6 rings (SSSR count). The summed E-state index contributed by atoms with van der Waals surface area (Å²) in [7, 11) is 0. The SMILES string of the molecule is CCCCCC[C@H]1CO[C@@H]([C@@H](O)[C@](C)(O)[C@@H]2CC[C@]3(O)[C@@H]4C(=[NH+]C[C@H](C)O)C(=O)[C@@H]5C[C@@H](O)[C@@H](O)C[C@]5(CCCC5CC[NH2+]C(N)C5)[C@@H]4CC[C@]23C)[C@H]1C.